The molecule has 0 N–H and O–H groups in total. The highest BCUT2D eigenvalue weighted by atomic mass is 16.6. The normalized spacial score (nSPS) is 27.3. The van der Waals surface area contributed by atoms with Crippen molar-refractivity contribution in [3.8, 4) is 0 Å². The topological polar surface area (TPSA) is 21.8 Å². The lowest BCUT2D eigenvalue weighted by Crippen LogP contribution is -2.07. The molecule has 0 aliphatic carbocycles. The highest BCUT2D eigenvalue weighted by Gasteiger charge is 2.22. The van der Waals surface area contributed by atoms with Crippen molar-refractivity contribution in [2.75, 3.05) is 20.2 Å². The molecule has 1 saturated heterocycles. The SMILES string of the molecule is COCBC1CO1. The summed E-state index contributed by atoms with van der Waals surface area (Å²) in [6, 6.07) is 0.528. The van der Waals surface area contributed by atoms with Gasteiger partial charge in [-0.2, -0.15) is 0 Å². The second-order valence-corrected chi connectivity index (χ2v) is 1.74. The minimum absolute atomic E-state index is 0.528. The molecule has 40 valence electrons. The summed E-state index contributed by atoms with van der Waals surface area (Å²) in [4.78, 5) is 0. The molecule has 3 heteroatoms. The monoisotopic (exact) mass is 100 g/mol. The van der Waals surface area contributed by atoms with E-state index in [1.807, 2.05) is 0 Å². The molecule has 1 atom stereocenters. The number of rotatable bonds is 3. The first-order valence-electron chi connectivity index (χ1n) is 2.54. The van der Waals surface area contributed by atoms with Crippen LogP contribution in [0.5, 0.6) is 0 Å². The highest BCUT2D eigenvalue weighted by molar-refractivity contribution is 6.38. The molecule has 0 bridgehead atoms. The van der Waals surface area contributed by atoms with E-state index in [2.05, 4.69) is 0 Å². The molecule has 1 rings (SSSR count). The zero-order valence-electron chi connectivity index (χ0n) is 4.52. The zero-order chi connectivity index (χ0) is 5.11. The van der Waals surface area contributed by atoms with Crippen molar-refractivity contribution in [3.05, 3.63) is 0 Å². The average molecular weight is 99.9 g/mol. The van der Waals surface area contributed by atoms with E-state index in [0.717, 1.165) is 20.4 Å². The van der Waals surface area contributed by atoms with Gasteiger partial charge in [-0.1, -0.05) is 0 Å². The van der Waals surface area contributed by atoms with Crippen molar-refractivity contribution in [2.24, 2.45) is 0 Å². The molecule has 0 aromatic heterocycles. The van der Waals surface area contributed by atoms with E-state index in [9.17, 15) is 0 Å². The van der Waals surface area contributed by atoms with Crippen LogP contribution in [0.15, 0.2) is 0 Å². The molecule has 0 amide bonds. The van der Waals surface area contributed by atoms with Gasteiger partial charge < -0.3 is 9.47 Å². The molecule has 7 heavy (non-hydrogen) atoms. The van der Waals surface area contributed by atoms with Crippen molar-refractivity contribution >= 4 is 7.28 Å². The minimum atomic E-state index is 0.528. The van der Waals surface area contributed by atoms with Crippen LogP contribution in [-0.4, -0.2) is 33.5 Å². The number of hydrogen-bond acceptors (Lipinski definition) is 2. The first-order valence-corrected chi connectivity index (χ1v) is 2.54. The molecule has 1 aliphatic rings. The summed E-state index contributed by atoms with van der Waals surface area (Å²) in [6.45, 7) is 1.79. The predicted octanol–water partition coefficient (Wildman–Crippen LogP) is -0.617. The van der Waals surface area contributed by atoms with Crippen LogP contribution in [0.2, 0.25) is 0 Å². The Hall–Kier alpha value is -0.0151. The third-order valence-corrected chi connectivity index (χ3v) is 1.05. The van der Waals surface area contributed by atoms with E-state index in [4.69, 9.17) is 9.47 Å². The van der Waals surface area contributed by atoms with Crippen LogP contribution in [0.3, 0.4) is 0 Å². The molecule has 2 nitrogen and oxygen atoms in total. The summed E-state index contributed by atoms with van der Waals surface area (Å²) >= 11 is 0. The Morgan fingerprint density at radius 3 is 3.14 bits per heavy atom. The molecule has 1 unspecified atom stereocenters. The molecule has 0 saturated carbocycles. The molecule has 0 radical (unpaired) electrons. The van der Waals surface area contributed by atoms with Gasteiger partial charge >= 0.3 is 0 Å². The van der Waals surface area contributed by atoms with E-state index >= 15 is 0 Å². The minimum Gasteiger partial charge on any atom is -0.393 e. The maximum atomic E-state index is 4.93. The summed E-state index contributed by atoms with van der Waals surface area (Å²) in [7, 11) is 2.78. The fraction of sp³-hybridized carbons (Fsp3) is 1.00. The smallest absolute Gasteiger partial charge is 0.192 e. The van der Waals surface area contributed by atoms with E-state index in [1.165, 1.54) is 0 Å². The van der Waals surface area contributed by atoms with E-state index < -0.39 is 0 Å². The second-order valence-electron chi connectivity index (χ2n) is 1.74. The maximum Gasteiger partial charge on any atom is 0.192 e. The number of methoxy groups -OCH3 is 1. The van der Waals surface area contributed by atoms with Crippen LogP contribution in [-0.2, 0) is 9.47 Å². The van der Waals surface area contributed by atoms with Gasteiger partial charge in [-0.05, 0) is 0 Å². The van der Waals surface area contributed by atoms with E-state index in [0.29, 0.717) is 6.00 Å². The van der Waals surface area contributed by atoms with Gasteiger partial charge in [0.2, 0.25) is 0 Å². The molecule has 0 spiro atoms. The van der Waals surface area contributed by atoms with Crippen LogP contribution < -0.4 is 0 Å². The molecule has 1 aliphatic heterocycles. The van der Waals surface area contributed by atoms with Crippen molar-refractivity contribution in [1.82, 2.24) is 0 Å². The lowest BCUT2D eigenvalue weighted by molar-refractivity contribution is 0.250. The van der Waals surface area contributed by atoms with Crippen LogP contribution in [0.4, 0.5) is 0 Å². The van der Waals surface area contributed by atoms with Crippen LogP contribution >= 0.6 is 0 Å². The Labute approximate surface area is 44.0 Å². The van der Waals surface area contributed by atoms with E-state index in [1.54, 1.807) is 7.11 Å². The van der Waals surface area contributed by atoms with Crippen molar-refractivity contribution < 1.29 is 9.47 Å². The third kappa shape index (κ3) is 1.95. The lowest BCUT2D eigenvalue weighted by Gasteiger charge is -1.87. The predicted molar refractivity (Wildman–Crippen MR) is 28.8 cm³/mol. The fourth-order valence-electron chi connectivity index (χ4n) is 0.484. The van der Waals surface area contributed by atoms with Crippen molar-refractivity contribution in [2.45, 2.75) is 6.00 Å². The van der Waals surface area contributed by atoms with Gasteiger partial charge in [0.05, 0.1) is 12.6 Å². The first-order chi connectivity index (χ1) is 3.43. The molecule has 0 aromatic carbocycles. The van der Waals surface area contributed by atoms with Crippen LogP contribution in [0, 0.1) is 0 Å². The molecule has 1 fully saturated rings. The number of epoxide rings is 1. The van der Waals surface area contributed by atoms with Crippen LogP contribution in [0.25, 0.3) is 0 Å². The van der Waals surface area contributed by atoms with Gasteiger partial charge in [-0.3, -0.25) is 0 Å². The van der Waals surface area contributed by atoms with Crippen molar-refractivity contribution in [1.29, 1.82) is 0 Å². The van der Waals surface area contributed by atoms with Gasteiger partial charge in [-0.25, -0.2) is 0 Å². The Kier molecular flexibility index (Phi) is 1.71. The second kappa shape index (κ2) is 2.33. The zero-order valence-corrected chi connectivity index (χ0v) is 4.52. The maximum absolute atomic E-state index is 4.93. The van der Waals surface area contributed by atoms with Crippen LogP contribution in [0.1, 0.15) is 0 Å². The third-order valence-electron chi connectivity index (χ3n) is 1.05. The molecule has 0 aromatic rings. The quantitative estimate of drug-likeness (QED) is 0.348. The fourth-order valence-corrected chi connectivity index (χ4v) is 0.484. The Balaban J connectivity index is 1.80. The molecular formula is C4H9BO2. The van der Waals surface area contributed by atoms with Gasteiger partial charge in [0.25, 0.3) is 0 Å². The first kappa shape index (κ1) is 5.13. The lowest BCUT2D eigenvalue weighted by atomic mass is 9.76. The Morgan fingerprint density at radius 1 is 2.00 bits per heavy atom. The summed E-state index contributed by atoms with van der Waals surface area (Å²) in [5.74, 6) is 0. The molecule has 1 heterocycles. The van der Waals surface area contributed by atoms with Gasteiger partial charge in [0.1, 0.15) is 0 Å². The van der Waals surface area contributed by atoms with E-state index in [-0.39, 0.29) is 0 Å². The van der Waals surface area contributed by atoms with Gasteiger partial charge in [0.15, 0.2) is 7.28 Å². The summed E-state index contributed by atoms with van der Waals surface area (Å²) in [6.07, 6.45) is 0. The summed E-state index contributed by atoms with van der Waals surface area (Å²) < 4.78 is 9.74. The van der Waals surface area contributed by atoms with Gasteiger partial charge in [0, 0.05) is 13.6 Å². The average Bonchev–Trinajstić information content (AvgIpc) is 2.42. The molecular weight excluding hydrogens is 90.9 g/mol. The highest BCUT2D eigenvalue weighted by Crippen LogP contribution is 2.05. The standard InChI is InChI=1S/C4H9BO2/c1-6-3-5-4-2-7-4/h4-5H,2-3H2,1H3. The number of hydrogen-bond donors (Lipinski definition) is 0. The Morgan fingerprint density at radius 2 is 2.71 bits per heavy atom. The Bertz CT molecular complexity index is 53.7. The number of ether oxygens (including phenoxy) is 2. The summed E-state index contributed by atoms with van der Waals surface area (Å²) in [5.41, 5.74) is 0. The summed E-state index contributed by atoms with van der Waals surface area (Å²) in [5, 5.41) is 0. The van der Waals surface area contributed by atoms with Gasteiger partial charge in [-0.15, -0.1) is 0 Å². The van der Waals surface area contributed by atoms with Crippen molar-refractivity contribution in [3.63, 3.8) is 0 Å². The largest absolute Gasteiger partial charge is 0.393 e.